The Kier molecular flexibility index (Phi) is 7.38. The second kappa shape index (κ2) is 10.6. The number of rotatable bonds is 8. The molecule has 3 aromatic rings. The van der Waals surface area contributed by atoms with Crippen LogP contribution in [0.1, 0.15) is 45.7 Å². The van der Waals surface area contributed by atoms with Crippen molar-refractivity contribution in [3.8, 4) is 0 Å². The average Bonchev–Trinajstić information content (AvgIpc) is 2.84. The second-order valence-electron chi connectivity index (χ2n) is 10.5. The van der Waals surface area contributed by atoms with Crippen molar-refractivity contribution in [3.05, 3.63) is 36.4 Å². The van der Waals surface area contributed by atoms with Crippen molar-refractivity contribution in [2.24, 2.45) is 11.8 Å². The average molecular weight is 528 g/mol. The highest BCUT2D eigenvalue weighted by Gasteiger charge is 2.42. The van der Waals surface area contributed by atoms with Gasteiger partial charge in [0, 0.05) is 54.6 Å². The third kappa shape index (κ3) is 5.44. The molecule has 37 heavy (non-hydrogen) atoms. The standard InChI is InChI=1S/C27H35F2N7S/c1-5-37-15-19-13-36(14-19)22-12-32-25(17(2)3)20-10-24(31-11-21(20)22)33-23-6-8-30-26(34-23)35-9-7-18(4)27(28,29)16-35/h6,8,10-12,17-19H,5,7,9,13-16H2,1-4H3,(H,30,31,33,34). The van der Waals surface area contributed by atoms with E-state index in [9.17, 15) is 8.78 Å². The van der Waals surface area contributed by atoms with E-state index >= 15 is 0 Å². The molecule has 2 saturated heterocycles. The highest BCUT2D eigenvalue weighted by Crippen LogP contribution is 2.37. The molecule has 2 fully saturated rings. The van der Waals surface area contributed by atoms with Crippen molar-refractivity contribution >= 4 is 45.8 Å². The molecule has 198 valence electrons. The Bertz CT molecular complexity index is 1250. The van der Waals surface area contributed by atoms with Crippen molar-refractivity contribution in [3.63, 3.8) is 0 Å². The molecule has 1 unspecified atom stereocenters. The number of aromatic nitrogens is 4. The minimum Gasteiger partial charge on any atom is -0.369 e. The van der Waals surface area contributed by atoms with Crippen molar-refractivity contribution < 1.29 is 8.78 Å². The quantitative estimate of drug-likeness (QED) is 0.385. The maximum atomic E-state index is 14.3. The summed E-state index contributed by atoms with van der Waals surface area (Å²) in [4.78, 5) is 22.3. The summed E-state index contributed by atoms with van der Waals surface area (Å²) < 4.78 is 28.6. The predicted octanol–water partition coefficient (Wildman–Crippen LogP) is 5.96. The third-order valence-electron chi connectivity index (χ3n) is 7.32. The fourth-order valence-corrected chi connectivity index (χ4v) is 5.78. The van der Waals surface area contributed by atoms with Crippen molar-refractivity contribution in [2.45, 2.75) is 46.0 Å². The van der Waals surface area contributed by atoms with Crippen LogP contribution in [-0.2, 0) is 0 Å². The van der Waals surface area contributed by atoms with E-state index in [1.54, 1.807) is 24.1 Å². The summed E-state index contributed by atoms with van der Waals surface area (Å²) >= 11 is 2.00. The number of fused-ring (bicyclic) bond motifs is 1. The molecule has 0 amide bonds. The number of alkyl halides is 2. The van der Waals surface area contributed by atoms with Crippen molar-refractivity contribution in [1.29, 1.82) is 0 Å². The minimum absolute atomic E-state index is 0.255. The molecule has 0 saturated carbocycles. The Hall–Kier alpha value is -2.75. The van der Waals surface area contributed by atoms with Gasteiger partial charge in [-0.2, -0.15) is 16.7 Å². The van der Waals surface area contributed by atoms with E-state index in [0.29, 0.717) is 36.5 Å². The number of nitrogens with one attached hydrogen (secondary N) is 1. The van der Waals surface area contributed by atoms with E-state index in [1.165, 1.54) is 5.75 Å². The number of hydrogen-bond acceptors (Lipinski definition) is 8. The number of pyridine rings is 2. The molecule has 2 aliphatic rings. The lowest BCUT2D eigenvalue weighted by atomic mass is 9.95. The Morgan fingerprint density at radius 2 is 1.92 bits per heavy atom. The third-order valence-corrected chi connectivity index (χ3v) is 8.44. The van der Waals surface area contributed by atoms with Gasteiger partial charge in [-0.3, -0.25) is 4.98 Å². The van der Waals surface area contributed by atoms with Crippen LogP contribution in [0.2, 0.25) is 0 Å². The molecule has 10 heteroatoms. The first-order valence-electron chi connectivity index (χ1n) is 13.1. The Morgan fingerprint density at radius 1 is 1.11 bits per heavy atom. The Balaban J connectivity index is 1.38. The number of nitrogens with zero attached hydrogens (tertiary/aromatic N) is 6. The van der Waals surface area contributed by atoms with Gasteiger partial charge in [-0.1, -0.05) is 27.7 Å². The fourth-order valence-electron chi connectivity index (χ4n) is 5.00. The van der Waals surface area contributed by atoms with E-state index in [2.05, 4.69) is 45.9 Å². The number of hydrogen-bond donors (Lipinski definition) is 1. The smallest absolute Gasteiger partial charge is 0.267 e. The van der Waals surface area contributed by atoms with Crippen LogP contribution < -0.4 is 15.1 Å². The lowest BCUT2D eigenvalue weighted by Gasteiger charge is -2.41. The summed E-state index contributed by atoms with van der Waals surface area (Å²) in [5.41, 5.74) is 2.15. The van der Waals surface area contributed by atoms with E-state index in [-0.39, 0.29) is 12.5 Å². The normalized spacial score (nSPS) is 19.9. The molecule has 0 aliphatic carbocycles. The summed E-state index contributed by atoms with van der Waals surface area (Å²) in [6.45, 7) is 10.3. The first-order chi connectivity index (χ1) is 17.7. The first-order valence-corrected chi connectivity index (χ1v) is 14.2. The molecule has 5 heterocycles. The molecule has 0 radical (unpaired) electrons. The minimum atomic E-state index is -2.76. The van der Waals surface area contributed by atoms with Crippen LogP contribution in [-0.4, -0.2) is 63.5 Å². The number of halogens is 2. The van der Waals surface area contributed by atoms with Crippen molar-refractivity contribution in [2.75, 3.05) is 52.8 Å². The van der Waals surface area contributed by atoms with Gasteiger partial charge in [0.1, 0.15) is 11.6 Å². The molecular formula is C27H35F2N7S. The number of piperidine rings is 1. The number of thioether (sulfide) groups is 1. The molecular weight excluding hydrogens is 492 g/mol. The molecule has 1 atom stereocenters. The zero-order valence-electron chi connectivity index (χ0n) is 21.9. The summed E-state index contributed by atoms with van der Waals surface area (Å²) in [5, 5.41) is 5.42. The Labute approximate surface area is 221 Å². The lowest BCUT2D eigenvalue weighted by Crippen LogP contribution is -2.48. The monoisotopic (exact) mass is 527 g/mol. The maximum absolute atomic E-state index is 14.3. The topological polar surface area (TPSA) is 70.1 Å². The lowest BCUT2D eigenvalue weighted by molar-refractivity contribution is -0.0575. The van der Waals surface area contributed by atoms with E-state index in [1.807, 2.05) is 30.2 Å². The molecule has 2 aliphatic heterocycles. The maximum Gasteiger partial charge on any atom is 0.267 e. The van der Waals surface area contributed by atoms with Gasteiger partial charge < -0.3 is 15.1 Å². The van der Waals surface area contributed by atoms with Gasteiger partial charge in [0.05, 0.1) is 24.1 Å². The Morgan fingerprint density at radius 3 is 2.65 bits per heavy atom. The SMILES string of the molecule is CCSCC1CN(c2cnc(C(C)C)c3cc(Nc4ccnc(N5CCC(C)C(F)(F)C5)n4)ncc23)C1. The van der Waals surface area contributed by atoms with Crippen LogP contribution in [0, 0.1) is 11.8 Å². The van der Waals surface area contributed by atoms with Crippen LogP contribution in [0.5, 0.6) is 0 Å². The van der Waals surface area contributed by atoms with Gasteiger partial charge in [-0.15, -0.1) is 0 Å². The largest absolute Gasteiger partial charge is 0.369 e. The van der Waals surface area contributed by atoms with Gasteiger partial charge in [-0.05, 0) is 36.0 Å². The molecule has 7 nitrogen and oxygen atoms in total. The predicted molar refractivity (Wildman–Crippen MR) is 149 cm³/mol. The highest BCUT2D eigenvalue weighted by molar-refractivity contribution is 7.99. The van der Waals surface area contributed by atoms with Crippen molar-refractivity contribution in [1.82, 2.24) is 19.9 Å². The fraction of sp³-hybridized carbons (Fsp3) is 0.556. The molecule has 0 spiro atoms. The first kappa shape index (κ1) is 25.9. The summed E-state index contributed by atoms with van der Waals surface area (Å²) in [6.07, 6.45) is 5.89. The molecule has 5 rings (SSSR count). The van der Waals surface area contributed by atoms with E-state index in [0.717, 1.165) is 41.0 Å². The molecule has 0 aromatic carbocycles. The zero-order valence-corrected chi connectivity index (χ0v) is 22.7. The van der Waals surface area contributed by atoms with Crippen LogP contribution in [0.15, 0.2) is 30.7 Å². The van der Waals surface area contributed by atoms with Crippen LogP contribution >= 0.6 is 11.8 Å². The van der Waals surface area contributed by atoms with Gasteiger partial charge in [-0.25, -0.2) is 18.7 Å². The summed E-state index contributed by atoms with van der Waals surface area (Å²) in [6, 6.07) is 3.75. The summed E-state index contributed by atoms with van der Waals surface area (Å²) in [5.74, 6) is 1.39. The van der Waals surface area contributed by atoms with E-state index in [4.69, 9.17) is 4.98 Å². The summed E-state index contributed by atoms with van der Waals surface area (Å²) in [7, 11) is 0. The molecule has 3 aromatic heterocycles. The van der Waals surface area contributed by atoms with Gasteiger partial charge >= 0.3 is 0 Å². The second-order valence-corrected chi connectivity index (χ2v) is 11.8. The van der Waals surface area contributed by atoms with Crippen LogP contribution in [0.3, 0.4) is 0 Å². The number of anilines is 4. The highest BCUT2D eigenvalue weighted by atomic mass is 32.2. The van der Waals surface area contributed by atoms with Crippen LogP contribution in [0.25, 0.3) is 10.8 Å². The molecule has 1 N–H and O–H groups in total. The van der Waals surface area contributed by atoms with Gasteiger partial charge in [0.15, 0.2) is 0 Å². The van der Waals surface area contributed by atoms with E-state index < -0.39 is 11.8 Å². The zero-order chi connectivity index (χ0) is 26.2. The molecule has 0 bridgehead atoms. The van der Waals surface area contributed by atoms with Crippen LogP contribution in [0.4, 0.5) is 32.1 Å². The van der Waals surface area contributed by atoms with Gasteiger partial charge in [0.25, 0.3) is 5.92 Å². The van der Waals surface area contributed by atoms with Gasteiger partial charge in [0.2, 0.25) is 5.95 Å².